The van der Waals surface area contributed by atoms with Crippen LogP contribution in [0.2, 0.25) is 0 Å². The number of nitrogens with zero attached hydrogens (tertiary/aromatic N) is 3. The van der Waals surface area contributed by atoms with Gasteiger partial charge in [-0.1, -0.05) is 88.2 Å². The minimum absolute atomic E-state index is 0.0209. The van der Waals surface area contributed by atoms with E-state index in [-0.39, 0.29) is 16.7 Å². The van der Waals surface area contributed by atoms with Crippen molar-refractivity contribution in [1.29, 1.82) is 0 Å². The largest absolute Gasteiger partial charge is 0.456 e. The smallest absolute Gasteiger partial charge is 0.354 e. The second-order valence-corrected chi connectivity index (χ2v) is 14.1. The van der Waals surface area contributed by atoms with Gasteiger partial charge in [0.15, 0.2) is 4.34 Å². The standard InChI is InChI=1S/C22H20Cl3N5O5S3/c1-11-7-13(20(34)35-9-22(23,24)25)30-18(33)16(19(30)38-11)28-17(32)15(12-5-3-2-4-6-12)27-14(31)8-36-21-29-26-10-37-21/h2-7,10-11,15-16,19H,8-9H2,1H3,(H,27,31)(H,28,32)/t11?,15-,16?,19-/m0/s1. The van der Waals surface area contributed by atoms with Crippen LogP contribution in [-0.2, 0) is 23.9 Å². The van der Waals surface area contributed by atoms with Crippen LogP contribution in [0.5, 0.6) is 0 Å². The van der Waals surface area contributed by atoms with Gasteiger partial charge in [0.25, 0.3) is 5.91 Å². The zero-order valence-electron chi connectivity index (χ0n) is 19.5. The lowest BCUT2D eigenvalue weighted by molar-refractivity contribution is -0.153. The molecule has 0 saturated carbocycles. The molecule has 202 valence electrons. The summed E-state index contributed by atoms with van der Waals surface area (Å²) in [4.78, 5) is 52.9. The van der Waals surface area contributed by atoms with E-state index in [1.54, 1.807) is 41.9 Å². The van der Waals surface area contributed by atoms with Crippen LogP contribution >= 0.6 is 69.7 Å². The Morgan fingerprint density at radius 2 is 1.97 bits per heavy atom. The van der Waals surface area contributed by atoms with E-state index >= 15 is 0 Å². The fourth-order valence-electron chi connectivity index (χ4n) is 3.68. The third kappa shape index (κ3) is 7.13. The number of amides is 3. The van der Waals surface area contributed by atoms with Crippen molar-refractivity contribution >= 4 is 93.4 Å². The van der Waals surface area contributed by atoms with Gasteiger partial charge in [-0.15, -0.1) is 22.0 Å². The first-order valence-electron chi connectivity index (χ1n) is 11.0. The Morgan fingerprint density at radius 3 is 2.63 bits per heavy atom. The number of benzene rings is 1. The molecular formula is C22H20Cl3N5O5S3. The van der Waals surface area contributed by atoms with Crippen LogP contribution in [0.25, 0.3) is 0 Å². The Morgan fingerprint density at radius 1 is 1.24 bits per heavy atom. The number of aromatic nitrogens is 2. The van der Waals surface area contributed by atoms with Crippen molar-refractivity contribution in [2.24, 2.45) is 0 Å². The first-order chi connectivity index (χ1) is 18.0. The number of ether oxygens (including phenoxy) is 1. The summed E-state index contributed by atoms with van der Waals surface area (Å²) in [6, 6.07) is 6.72. The van der Waals surface area contributed by atoms with Gasteiger partial charge in [0.2, 0.25) is 15.6 Å². The molecule has 10 nitrogen and oxygen atoms in total. The van der Waals surface area contributed by atoms with Gasteiger partial charge in [-0.3, -0.25) is 19.3 Å². The lowest BCUT2D eigenvalue weighted by atomic mass is 10.0. The molecule has 1 fully saturated rings. The molecule has 0 bridgehead atoms. The van der Waals surface area contributed by atoms with Gasteiger partial charge in [0, 0.05) is 5.25 Å². The van der Waals surface area contributed by atoms with Crippen molar-refractivity contribution in [3.63, 3.8) is 0 Å². The maximum Gasteiger partial charge on any atom is 0.354 e. The van der Waals surface area contributed by atoms with Gasteiger partial charge in [-0.2, -0.15) is 0 Å². The van der Waals surface area contributed by atoms with Gasteiger partial charge in [-0.05, 0) is 18.6 Å². The quantitative estimate of drug-likeness (QED) is 0.185. The minimum atomic E-state index is -1.80. The first kappa shape index (κ1) is 29.0. The second kappa shape index (κ2) is 12.4. The number of hydrogen-bond donors (Lipinski definition) is 2. The van der Waals surface area contributed by atoms with Crippen molar-refractivity contribution in [1.82, 2.24) is 25.7 Å². The molecule has 2 aromatic rings. The Hall–Kier alpha value is -2.03. The average Bonchev–Trinajstić information content (AvgIpc) is 3.41. The van der Waals surface area contributed by atoms with E-state index in [1.807, 2.05) is 6.92 Å². The van der Waals surface area contributed by atoms with Crippen molar-refractivity contribution in [2.45, 2.75) is 37.8 Å². The molecule has 4 atom stereocenters. The number of carbonyl (C=O) groups excluding carboxylic acids is 4. The third-order valence-electron chi connectivity index (χ3n) is 5.29. The van der Waals surface area contributed by atoms with Crippen LogP contribution in [0.1, 0.15) is 18.5 Å². The van der Waals surface area contributed by atoms with E-state index in [2.05, 4.69) is 20.8 Å². The number of thioether (sulfide) groups is 2. The summed E-state index contributed by atoms with van der Waals surface area (Å²) in [5.41, 5.74) is 2.13. The van der Waals surface area contributed by atoms with Gasteiger partial charge in [0.1, 0.15) is 35.3 Å². The maximum absolute atomic E-state index is 13.4. The Balaban J connectivity index is 1.43. The van der Waals surface area contributed by atoms with Crippen LogP contribution in [0.4, 0.5) is 0 Å². The van der Waals surface area contributed by atoms with E-state index in [9.17, 15) is 19.2 Å². The minimum Gasteiger partial charge on any atom is -0.456 e. The normalized spacial score (nSPS) is 21.5. The van der Waals surface area contributed by atoms with Crippen molar-refractivity contribution in [3.8, 4) is 0 Å². The Labute approximate surface area is 245 Å². The molecule has 1 aromatic heterocycles. The highest BCUT2D eigenvalue weighted by Crippen LogP contribution is 2.41. The summed E-state index contributed by atoms with van der Waals surface area (Å²) in [6.07, 6.45) is 1.58. The molecule has 2 aliphatic heterocycles. The predicted molar refractivity (Wildman–Crippen MR) is 147 cm³/mol. The summed E-state index contributed by atoms with van der Waals surface area (Å²) in [6.45, 7) is 1.35. The number of hydrogen-bond acceptors (Lipinski definition) is 10. The summed E-state index contributed by atoms with van der Waals surface area (Å²) in [5.74, 6) is -2.23. The van der Waals surface area contributed by atoms with Crippen LogP contribution in [0.15, 0.2) is 52.0 Å². The number of alkyl halides is 3. The molecule has 1 aromatic carbocycles. The zero-order chi connectivity index (χ0) is 27.4. The third-order valence-corrected chi connectivity index (χ3v) is 8.81. The molecule has 0 aliphatic carbocycles. The van der Waals surface area contributed by atoms with Gasteiger partial charge in [0.05, 0.1) is 5.75 Å². The lowest BCUT2D eigenvalue weighted by Crippen LogP contribution is -2.71. The van der Waals surface area contributed by atoms with Crippen molar-refractivity contribution in [2.75, 3.05) is 12.4 Å². The highest BCUT2D eigenvalue weighted by Gasteiger charge is 2.54. The Bertz CT molecular complexity index is 1230. The summed E-state index contributed by atoms with van der Waals surface area (Å²) < 4.78 is 3.88. The molecule has 2 unspecified atom stereocenters. The topological polar surface area (TPSA) is 131 Å². The van der Waals surface area contributed by atoms with E-state index in [4.69, 9.17) is 39.5 Å². The zero-order valence-corrected chi connectivity index (χ0v) is 24.2. The Kier molecular flexibility index (Phi) is 9.48. The van der Waals surface area contributed by atoms with Gasteiger partial charge < -0.3 is 15.4 Å². The van der Waals surface area contributed by atoms with Crippen molar-refractivity contribution in [3.05, 3.63) is 53.2 Å². The highest BCUT2D eigenvalue weighted by molar-refractivity contribution is 8.01. The van der Waals surface area contributed by atoms with Crippen LogP contribution in [0, 0.1) is 0 Å². The van der Waals surface area contributed by atoms with E-state index < -0.39 is 51.5 Å². The fraction of sp³-hybridized carbons (Fsp3) is 0.364. The fourth-order valence-corrected chi connectivity index (χ4v) is 6.47. The second-order valence-electron chi connectivity index (χ2n) is 8.07. The first-order valence-corrected chi connectivity index (χ1v) is 15.0. The van der Waals surface area contributed by atoms with E-state index in [1.165, 1.54) is 39.8 Å². The average molecular weight is 637 g/mol. The van der Waals surface area contributed by atoms with E-state index in [0.717, 1.165) is 0 Å². The SMILES string of the molecule is CC1C=C(C(=O)OCC(Cl)(Cl)Cl)N2C(=O)C(NC(=O)[C@@H](NC(=O)CSc3nncs3)c3ccccc3)[C@@H]2S1. The van der Waals surface area contributed by atoms with Crippen LogP contribution < -0.4 is 10.6 Å². The number of nitrogens with one attached hydrogen (secondary N) is 2. The number of fused-ring (bicyclic) bond motifs is 1. The molecule has 1 saturated heterocycles. The number of β-lactam (4-membered cyclic amide) rings is 1. The van der Waals surface area contributed by atoms with Crippen LogP contribution in [0.3, 0.4) is 0 Å². The summed E-state index contributed by atoms with van der Waals surface area (Å²) in [5, 5.41) is 12.4. The number of rotatable bonds is 9. The molecule has 38 heavy (non-hydrogen) atoms. The predicted octanol–water partition coefficient (Wildman–Crippen LogP) is 3.07. The monoisotopic (exact) mass is 635 g/mol. The molecule has 0 radical (unpaired) electrons. The van der Waals surface area contributed by atoms with Crippen molar-refractivity contribution < 1.29 is 23.9 Å². The molecule has 2 N–H and O–H groups in total. The summed E-state index contributed by atoms with van der Waals surface area (Å²) >= 11 is 20.9. The lowest BCUT2D eigenvalue weighted by Gasteiger charge is -2.50. The van der Waals surface area contributed by atoms with Gasteiger partial charge in [-0.25, -0.2) is 4.79 Å². The molecule has 16 heteroatoms. The highest BCUT2D eigenvalue weighted by atomic mass is 35.6. The van der Waals surface area contributed by atoms with Gasteiger partial charge >= 0.3 is 5.97 Å². The van der Waals surface area contributed by atoms with Crippen LogP contribution in [-0.4, -0.2) is 71.6 Å². The molecule has 2 aliphatic rings. The molecule has 4 rings (SSSR count). The molecular weight excluding hydrogens is 617 g/mol. The summed E-state index contributed by atoms with van der Waals surface area (Å²) in [7, 11) is 0. The molecule has 0 spiro atoms. The number of halogens is 3. The molecule has 3 amide bonds. The number of esters is 1. The number of carbonyl (C=O) groups is 4. The molecule has 3 heterocycles. The maximum atomic E-state index is 13.4. The van der Waals surface area contributed by atoms with E-state index in [0.29, 0.717) is 9.90 Å².